The van der Waals surface area contributed by atoms with Crippen molar-refractivity contribution in [2.75, 3.05) is 26.4 Å². The highest BCUT2D eigenvalue weighted by molar-refractivity contribution is 6.39. The lowest BCUT2D eigenvalue weighted by Crippen LogP contribution is -2.34. The van der Waals surface area contributed by atoms with Crippen LogP contribution in [0.25, 0.3) is 0 Å². The quantitative estimate of drug-likeness (QED) is 0.557. The van der Waals surface area contributed by atoms with Gasteiger partial charge in [0, 0.05) is 32.1 Å². The van der Waals surface area contributed by atoms with E-state index in [1.165, 1.54) is 5.56 Å². The number of carbonyl (C=O) groups is 1. The monoisotopic (exact) mass is 388 g/mol. The van der Waals surface area contributed by atoms with Crippen LogP contribution in [0.4, 0.5) is 0 Å². The Kier molecular flexibility index (Phi) is 8.78. The summed E-state index contributed by atoms with van der Waals surface area (Å²) < 4.78 is 11.0. The topological polar surface area (TPSA) is 69.2 Å². The lowest BCUT2D eigenvalue weighted by Gasteiger charge is -2.09. The smallest absolute Gasteiger partial charge is 0.269 e. The molecule has 2 heterocycles. The number of ether oxygens (including phenoxy) is 2. The van der Waals surface area contributed by atoms with Gasteiger partial charge in [-0.05, 0) is 31.2 Å². The van der Waals surface area contributed by atoms with E-state index in [9.17, 15) is 4.79 Å². The van der Waals surface area contributed by atoms with Crippen LogP contribution in [0.2, 0.25) is 0 Å². The Labute approximate surface area is 167 Å². The summed E-state index contributed by atoms with van der Waals surface area (Å²) in [5.74, 6) is 0.337. The fraction of sp³-hybridized carbons (Fsp3) is 0.636. The normalized spacial score (nSPS) is 21.4. The number of nitrogens with one attached hydrogen (secondary N) is 1. The van der Waals surface area contributed by atoms with Crippen LogP contribution in [0.15, 0.2) is 35.5 Å². The summed E-state index contributed by atoms with van der Waals surface area (Å²) in [5.41, 5.74) is 1.75. The van der Waals surface area contributed by atoms with Gasteiger partial charge in [-0.2, -0.15) is 0 Å². The molecule has 2 atom stereocenters. The molecule has 1 N–H and O–H groups in total. The first kappa shape index (κ1) is 20.8. The van der Waals surface area contributed by atoms with E-state index in [1.54, 1.807) is 0 Å². The molecule has 2 aliphatic rings. The highest BCUT2D eigenvalue weighted by Gasteiger charge is 2.26. The number of carbonyl (C=O) groups excluding carboxylic acids is 1. The van der Waals surface area contributed by atoms with E-state index < -0.39 is 0 Å². The summed E-state index contributed by atoms with van der Waals surface area (Å²) in [7, 11) is 0. The largest absolute Gasteiger partial charge is 0.392 e. The van der Waals surface area contributed by atoms with Crippen molar-refractivity contribution in [1.29, 1.82) is 0 Å². The molecule has 28 heavy (non-hydrogen) atoms. The Morgan fingerprint density at radius 1 is 1.18 bits per heavy atom. The maximum Gasteiger partial charge on any atom is 0.269 e. The van der Waals surface area contributed by atoms with Crippen molar-refractivity contribution in [3.8, 4) is 0 Å². The standard InChI is InChI=1S/C22H32N2O4/c25-22(23-15-19-11-13-27-17-19)21-14-20(28-24-21)10-6-1-2-7-12-26-16-18-8-4-3-5-9-18/h3-5,8-9,19-20H,1-2,6-7,10-17H2,(H,23,25). The van der Waals surface area contributed by atoms with Gasteiger partial charge < -0.3 is 19.6 Å². The van der Waals surface area contributed by atoms with Crippen LogP contribution < -0.4 is 5.32 Å². The van der Waals surface area contributed by atoms with E-state index in [-0.39, 0.29) is 12.0 Å². The minimum atomic E-state index is -0.0926. The highest BCUT2D eigenvalue weighted by atomic mass is 16.6. The van der Waals surface area contributed by atoms with Gasteiger partial charge in [0.05, 0.1) is 13.2 Å². The molecule has 1 fully saturated rings. The molecule has 1 aromatic carbocycles. The molecule has 0 bridgehead atoms. The van der Waals surface area contributed by atoms with Crippen LogP contribution in [0, 0.1) is 5.92 Å². The van der Waals surface area contributed by atoms with Crippen molar-refractivity contribution < 1.29 is 19.1 Å². The molecule has 0 radical (unpaired) electrons. The zero-order valence-corrected chi connectivity index (χ0v) is 16.6. The molecule has 154 valence electrons. The third-order valence-electron chi connectivity index (χ3n) is 5.25. The number of unbranched alkanes of at least 4 members (excludes halogenated alkanes) is 3. The molecule has 6 nitrogen and oxygen atoms in total. The third kappa shape index (κ3) is 7.24. The number of oxime groups is 1. The third-order valence-corrected chi connectivity index (χ3v) is 5.25. The first-order valence-corrected chi connectivity index (χ1v) is 10.5. The molecule has 2 aliphatic heterocycles. The second kappa shape index (κ2) is 11.8. The maximum absolute atomic E-state index is 12.2. The van der Waals surface area contributed by atoms with Crippen molar-refractivity contribution in [1.82, 2.24) is 5.32 Å². The van der Waals surface area contributed by atoms with Crippen molar-refractivity contribution in [2.24, 2.45) is 11.1 Å². The van der Waals surface area contributed by atoms with Gasteiger partial charge in [0.25, 0.3) is 5.91 Å². The van der Waals surface area contributed by atoms with Gasteiger partial charge >= 0.3 is 0 Å². The predicted octanol–water partition coefficient (Wildman–Crippen LogP) is 3.45. The summed E-state index contributed by atoms with van der Waals surface area (Å²) in [6.45, 7) is 3.69. The molecule has 3 rings (SSSR count). The summed E-state index contributed by atoms with van der Waals surface area (Å²) in [6, 6.07) is 10.3. The zero-order chi connectivity index (χ0) is 19.4. The van der Waals surface area contributed by atoms with E-state index in [1.807, 2.05) is 18.2 Å². The van der Waals surface area contributed by atoms with Crippen LogP contribution in [0.1, 0.15) is 50.5 Å². The van der Waals surface area contributed by atoms with Crippen LogP contribution in [0.3, 0.4) is 0 Å². The molecule has 1 amide bonds. The Hall–Kier alpha value is -1.92. The van der Waals surface area contributed by atoms with E-state index in [0.29, 0.717) is 31.2 Å². The number of amides is 1. The lowest BCUT2D eigenvalue weighted by molar-refractivity contribution is -0.115. The molecule has 2 unspecified atom stereocenters. The van der Waals surface area contributed by atoms with Gasteiger partial charge in [0.2, 0.25) is 0 Å². The minimum absolute atomic E-state index is 0.0462. The fourth-order valence-electron chi connectivity index (χ4n) is 3.49. The van der Waals surface area contributed by atoms with Crippen LogP contribution in [-0.2, 0) is 25.7 Å². The Bertz CT molecular complexity index is 614. The molecule has 0 spiro atoms. The van der Waals surface area contributed by atoms with E-state index >= 15 is 0 Å². The molecule has 1 saturated heterocycles. The second-order valence-corrected chi connectivity index (χ2v) is 7.65. The second-order valence-electron chi connectivity index (χ2n) is 7.65. The summed E-state index contributed by atoms with van der Waals surface area (Å²) in [5, 5.41) is 6.94. The van der Waals surface area contributed by atoms with Crippen LogP contribution >= 0.6 is 0 Å². The number of benzene rings is 1. The van der Waals surface area contributed by atoms with Crippen LogP contribution in [-0.4, -0.2) is 44.1 Å². The Morgan fingerprint density at radius 3 is 2.86 bits per heavy atom. The number of hydrogen-bond acceptors (Lipinski definition) is 5. The summed E-state index contributed by atoms with van der Waals surface area (Å²) >= 11 is 0. The minimum Gasteiger partial charge on any atom is -0.392 e. The molecule has 0 aromatic heterocycles. The molecule has 6 heteroatoms. The number of nitrogens with zero attached hydrogens (tertiary/aromatic N) is 1. The molecule has 0 saturated carbocycles. The van der Waals surface area contributed by atoms with Gasteiger partial charge in [-0.3, -0.25) is 4.79 Å². The van der Waals surface area contributed by atoms with Gasteiger partial charge in [0.15, 0.2) is 0 Å². The van der Waals surface area contributed by atoms with Crippen molar-refractivity contribution in [3.63, 3.8) is 0 Å². The summed E-state index contributed by atoms with van der Waals surface area (Å²) in [4.78, 5) is 17.6. The van der Waals surface area contributed by atoms with Gasteiger partial charge in [-0.15, -0.1) is 0 Å². The van der Waals surface area contributed by atoms with Crippen molar-refractivity contribution in [3.05, 3.63) is 35.9 Å². The maximum atomic E-state index is 12.2. The van der Waals surface area contributed by atoms with Gasteiger partial charge in [-0.1, -0.05) is 48.3 Å². The average Bonchev–Trinajstić information content (AvgIpc) is 3.41. The molecule has 1 aromatic rings. The SMILES string of the molecule is O=C(NCC1CCOC1)C1=NOC(CCCCCCOCc2ccccc2)C1. The predicted molar refractivity (Wildman–Crippen MR) is 108 cm³/mol. The van der Waals surface area contributed by atoms with E-state index in [0.717, 1.165) is 58.3 Å². The fourth-order valence-corrected chi connectivity index (χ4v) is 3.49. The van der Waals surface area contributed by atoms with Crippen molar-refractivity contribution >= 4 is 11.6 Å². The first-order valence-electron chi connectivity index (χ1n) is 10.5. The molecular formula is C22H32N2O4. The van der Waals surface area contributed by atoms with Crippen molar-refractivity contribution in [2.45, 2.75) is 57.7 Å². The van der Waals surface area contributed by atoms with Gasteiger partial charge in [0.1, 0.15) is 11.8 Å². The zero-order valence-electron chi connectivity index (χ0n) is 16.6. The Balaban J connectivity index is 1.16. The molecule has 0 aliphatic carbocycles. The van der Waals surface area contributed by atoms with Gasteiger partial charge in [-0.25, -0.2) is 0 Å². The van der Waals surface area contributed by atoms with E-state index in [2.05, 4.69) is 22.6 Å². The first-order chi connectivity index (χ1) is 13.8. The van der Waals surface area contributed by atoms with E-state index in [4.69, 9.17) is 14.3 Å². The molecular weight excluding hydrogens is 356 g/mol. The lowest BCUT2D eigenvalue weighted by atomic mass is 10.0. The highest BCUT2D eigenvalue weighted by Crippen LogP contribution is 2.18. The Morgan fingerprint density at radius 2 is 2.04 bits per heavy atom. The summed E-state index contributed by atoms with van der Waals surface area (Å²) in [6.07, 6.45) is 7.10. The van der Waals surface area contributed by atoms with Crippen LogP contribution in [0.5, 0.6) is 0 Å². The number of hydrogen-bond donors (Lipinski definition) is 1. The average molecular weight is 389 g/mol. The number of rotatable bonds is 12.